The van der Waals surface area contributed by atoms with Crippen molar-refractivity contribution in [1.29, 1.82) is 0 Å². The van der Waals surface area contributed by atoms with Crippen molar-refractivity contribution >= 4 is 11.3 Å². The molecule has 1 saturated carbocycles. The molecule has 2 aromatic heterocycles. The van der Waals surface area contributed by atoms with Crippen LogP contribution in [-0.4, -0.2) is 18.0 Å². The quantitative estimate of drug-likeness (QED) is 0.835. The number of nitrogens with one attached hydrogen (secondary N) is 1. The van der Waals surface area contributed by atoms with Crippen LogP contribution in [0.25, 0.3) is 0 Å². The zero-order valence-corrected chi connectivity index (χ0v) is 13.9. The van der Waals surface area contributed by atoms with Gasteiger partial charge in [-0.3, -0.25) is 4.90 Å². The molecule has 0 bridgehead atoms. The Labute approximate surface area is 131 Å². The lowest BCUT2D eigenvalue weighted by Gasteiger charge is -2.22. The van der Waals surface area contributed by atoms with E-state index in [-0.39, 0.29) is 0 Å². The molecule has 4 heteroatoms. The number of rotatable bonds is 7. The highest BCUT2D eigenvalue weighted by molar-refractivity contribution is 7.10. The van der Waals surface area contributed by atoms with E-state index in [9.17, 15) is 0 Å². The maximum Gasteiger partial charge on any atom is 0.120 e. The molecule has 1 aliphatic rings. The highest BCUT2D eigenvalue weighted by atomic mass is 32.1. The van der Waals surface area contributed by atoms with Crippen molar-refractivity contribution < 1.29 is 4.42 Å². The molecular weight excluding hydrogens is 280 g/mol. The van der Waals surface area contributed by atoms with Crippen molar-refractivity contribution in [3.63, 3.8) is 0 Å². The van der Waals surface area contributed by atoms with E-state index >= 15 is 0 Å². The normalized spacial score (nSPS) is 16.6. The Morgan fingerprint density at radius 1 is 1.48 bits per heavy atom. The molecule has 3 rings (SSSR count). The van der Waals surface area contributed by atoms with Crippen LogP contribution in [0.4, 0.5) is 0 Å². The zero-order valence-electron chi connectivity index (χ0n) is 13.1. The molecule has 0 spiro atoms. The van der Waals surface area contributed by atoms with Crippen LogP contribution < -0.4 is 5.32 Å². The maximum absolute atomic E-state index is 6.03. The molecule has 0 saturated heterocycles. The van der Waals surface area contributed by atoms with Crippen molar-refractivity contribution in [2.75, 3.05) is 7.05 Å². The molecule has 0 aromatic carbocycles. The second kappa shape index (κ2) is 6.34. The largest absolute Gasteiger partial charge is 0.463 e. The van der Waals surface area contributed by atoms with Gasteiger partial charge in [-0.05, 0) is 56.8 Å². The number of nitrogens with zero attached hydrogens (tertiary/aromatic N) is 1. The Hall–Kier alpha value is -1.10. The molecule has 21 heavy (non-hydrogen) atoms. The van der Waals surface area contributed by atoms with Gasteiger partial charge in [-0.15, -0.1) is 11.3 Å². The first-order chi connectivity index (χ1) is 10.1. The van der Waals surface area contributed by atoms with Crippen LogP contribution >= 0.6 is 11.3 Å². The van der Waals surface area contributed by atoms with Crippen molar-refractivity contribution in [1.82, 2.24) is 10.2 Å². The fourth-order valence-electron chi connectivity index (χ4n) is 2.50. The lowest BCUT2D eigenvalue weighted by Crippen LogP contribution is -2.20. The Kier molecular flexibility index (Phi) is 4.48. The second-order valence-electron chi connectivity index (χ2n) is 6.08. The van der Waals surface area contributed by atoms with Crippen molar-refractivity contribution in [2.45, 2.75) is 51.9 Å². The molecule has 1 fully saturated rings. The minimum atomic E-state index is 0.420. The topological polar surface area (TPSA) is 28.4 Å². The summed E-state index contributed by atoms with van der Waals surface area (Å²) < 4.78 is 6.03. The van der Waals surface area contributed by atoms with Gasteiger partial charge in [0, 0.05) is 17.0 Å². The monoisotopic (exact) mass is 304 g/mol. The van der Waals surface area contributed by atoms with E-state index in [0.717, 1.165) is 30.7 Å². The van der Waals surface area contributed by atoms with Gasteiger partial charge in [0.05, 0.1) is 13.1 Å². The van der Waals surface area contributed by atoms with Gasteiger partial charge in [-0.2, -0.15) is 0 Å². The van der Waals surface area contributed by atoms with Gasteiger partial charge in [0.1, 0.15) is 11.5 Å². The summed E-state index contributed by atoms with van der Waals surface area (Å²) in [5.74, 6) is 2.15. The molecule has 0 radical (unpaired) electrons. The maximum atomic E-state index is 6.03. The van der Waals surface area contributed by atoms with Gasteiger partial charge in [-0.25, -0.2) is 0 Å². The molecule has 1 atom stereocenters. The fourth-order valence-corrected chi connectivity index (χ4v) is 3.35. The van der Waals surface area contributed by atoms with Gasteiger partial charge < -0.3 is 9.73 Å². The van der Waals surface area contributed by atoms with Crippen LogP contribution in [-0.2, 0) is 13.1 Å². The van der Waals surface area contributed by atoms with Gasteiger partial charge in [0.2, 0.25) is 0 Å². The first-order valence-corrected chi connectivity index (χ1v) is 8.56. The van der Waals surface area contributed by atoms with Gasteiger partial charge >= 0.3 is 0 Å². The average molecular weight is 304 g/mol. The summed E-state index contributed by atoms with van der Waals surface area (Å²) in [7, 11) is 2.16. The predicted molar refractivity (Wildman–Crippen MR) is 87.5 cm³/mol. The summed E-state index contributed by atoms with van der Waals surface area (Å²) >= 11 is 1.81. The first kappa shape index (κ1) is 14.8. The van der Waals surface area contributed by atoms with Crippen LogP contribution in [0, 0.1) is 6.92 Å². The third-order valence-corrected chi connectivity index (χ3v) is 5.26. The van der Waals surface area contributed by atoms with Crippen molar-refractivity contribution in [3.8, 4) is 0 Å². The summed E-state index contributed by atoms with van der Waals surface area (Å²) in [5, 5.41) is 5.66. The van der Waals surface area contributed by atoms with Crippen molar-refractivity contribution in [3.05, 3.63) is 45.5 Å². The lowest BCUT2D eigenvalue weighted by molar-refractivity contribution is 0.232. The molecule has 0 amide bonds. The minimum Gasteiger partial charge on any atom is -0.463 e. The SMILES string of the molecule is Cc1cc(CN(C)C(C)c2cccs2)oc1CNC1CC1. The third kappa shape index (κ3) is 3.76. The molecule has 2 heterocycles. The third-order valence-electron chi connectivity index (χ3n) is 4.22. The summed E-state index contributed by atoms with van der Waals surface area (Å²) in [6.07, 6.45) is 2.63. The van der Waals surface area contributed by atoms with E-state index in [1.165, 1.54) is 23.3 Å². The van der Waals surface area contributed by atoms with Crippen molar-refractivity contribution in [2.24, 2.45) is 0 Å². The molecule has 1 aliphatic carbocycles. The number of hydrogen-bond donors (Lipinski definition) is 1. The first-order valence-electron chi connectivity index (χ1n) is 7.68. The molecule has 114 valence electrons. The highest BCUT2D eigenvalue weighted by Gasteiger charge is 2.21. The van der Waals surface area contributed by atoms with Gasteiger partial charge in [-0.1, -0.05) is 6.07 Å². The number of furan rings is 1. The lowest BCUT2D eigenvalue weighted by atomic mass is 10.2. The average Bonchev–Trinajstić information content (AvgIpc) is 2.99. The van der Waals surface area contributed by atoms with E-state index in [0.29, 0.717) is 6.04 Å². The van der Waals surface area contributed by atoms with Crippen LogP contribution in [0.1, 0.15) is 47.8 Å². The summed E-state index contributed by atoms with van der Waals surface area (Å²) in [6.45, 7) is 6.10. The Balaban J connectivity index is 1.59. The predicted octanol–water partition coefficient (Wildman–Crippen LogP) is 4.09. The molecule has 2 aromatic rings. The van der Waals surface area contributed by atoms with E-state index < -0.39 is 0 Å². The number of thiophene rings is 1. The Morgan fingerprint density at radius 2 is 2.29 bits per heavy atom. The van der Waals surface area contributed by atoms with Gasteiger partial charge in [0.25, 0.3) is 0 Å². The smallest absolute Gasteiger partial charge is 0.120 e. The van der Waals surface area contributed by atoms with E-state index in [1.54, 1.807) is 0 Å². The van der Waals surface area contributed by atoms with E-state index in [1.807, 2.05) is 11.3 Å². The standard InChI is InChI=1S/C17H24N2OS/c1-12-9-15(20-16(12)10-18-14-6-7-14)11-19(3)13(2)17-5-4-8-21-17/h4-5,8-9,13-14,18H,6-7,10-11H2,1-3H3. The molecule has 1 unspecified atom stereocenters. The summed E-state index contributed by atoms with van der Waals surface area (Å²) in [6, 6.07) is 7.64. The Morgan fingerprint density at radius 3 is 2.95 bits per heavy atom. The molecule has 3 nitrogen and oxygen atoms in total. The van der Waals surface area contributed by atoms with Crippen LogP contribution in [0.5, 0.6) is 0 Å². The summed E-state index contributed by atoms with van der Waals surface area (Å²) in [4.78, 5) is 3.73. The second-order valence-corrected chi connectivity index (χ2v) is 7.06. The van der Waals surface area contributed by atoms with Crippen LogP contribution in [0.15, 0.2) is 28.0 Å². The van der Waals surface area contributed by atoms with Crippen LogP contribution in [0.3, 0.4) is 0 Å². The molecular formula is C17H24N2OS. The zero-order chi connectivity index (χ0) is 14.8. The van der Waals surface area contributed by atoms with Gasteiger partial charge in [0.15, 0.2) is 0 Å². The highest BCUT2D eigenvalue weighted by Crippen LogP contribution is 2.26. The number of hydrogen-bond acceptors (Lipinski definition) is 4. The molecule has 0 aliphatic heterocycles. The number of aryl methyl sites for hydroxylation is 1. The fraction of sp³-hybridized carbons (Fsp3) is 0.529. The van der Waals surface area contributed by atoms with Crippen LogP contribution in [0.2, 0.25) is 0 Å². The van der Waals surface area contributed by atoms with E-state index in [4.69, 9.17) is 4.42 Å². The van der Waals surface area contributed by atoms with E-state index in [2.05, 4.69) is 54.7 Å². The minimum absolute atomic E-state index is 0.420. The summed E-state index contributed by atoms with van der Waals surface area (Å²) in [5.41, 5.74) is 1.26. The molecule has 1 N–H and O–H groups in total. The Bertz CT molecular complexity index is 572.